The minimum absolute atomic E-state index is 0.0201. The summed E-state index contributed by atoms with van der Waals surface area (Å²) < 4.78 is 11.8. The molecule has 1 unspecified atom stereocenters. The number of carbonyl (C=O) groups is 1. The summed E-state index contributed by atoms with van der Waals surface area (Å²) in [5.74, 6) is 1.60. The molecular weight excluding hydrogens is 408 g/mol. The number of benzene rings is 2. The van der Waals surface area contributed by atoms with Gasteiger partial charge in [0, 0.05) is 16.1 Å². The van der Waals surface area contributed by atoms with Crippen molar-refractivity contribution in [2.24, 2.45) is 0 Å². The molecule has 0 aliphatic carbocycles. The Morgan fingerprint density at radius 1 is 1.22 bits per heavy atom. The lowest BCUT2D eigenvalue weighted by Gasteiger charge is -2.26. The van der Waals surface area contributed by atoms with E-state index in [0.29, 0.717) is 6.54 Å². The van der Waals surface area contributed by atoms with Gasteiger partial charge in [-0.1, -0.05) is 6.07 Å². The Morgan fingerprint density at radius 3 is 2.74 bits per heavy atom. The molecular formula is C21H25BrN2O3. The van der Waals surface area contributed by atoms with E-state index in [9.17, 15) is 4.79 Å². The number of hydrogen-bond donors (Lipinski definition) is 1. The van der Waals surface area contributed by atoms with E-state index >= 15 is 0 Å². The maximum Gasteiger partial charge on any atom is 0.238 e. The molecule has 0 aromatic heterocycles. The predicted octanol–water partition coefficient (Wildman–Crippen LogP) is 4.55. The minimum Gasteiger partial charge on any atom is -0.497 e. The highest BCUT2D eigenvalue weighted by Gasteiger charge is 2.30. The summed E-state index contributed by atoms with van der Waals surface area (Å²) in [4.78, 5) is 14.8. The third-order valence-electron chi connectivity index (χ3n) is 4.90. The lowest BCUT2D eigenvalue weighted by molar-refractivity contribution is -0.117. The van der Waals surface area contributed by atoms with E-state index in [-0.39, 0.29) is 11.9 Å². The van der Waals surface area contributed by atoms with Gasteiger partial charge in [-0.15, -0.1) is 0 Å². The summed E-state index contributed by atoms with van der Waals surface area (Å²) in [6.07, 6.45) is 2.04. The van der Waals surface area contributed by atoms with Gasteiger partial charge < -0.3 is 14.8 Å². The van der Waals surface area contributed by atoms with Gasteiger partial charge in [0.05, 0.1) is 26.5 Å². The van der Waals surface area contributed by atoms with Gasteiger partial charge in [-0.2, -0.15) is 0 Å². The minimum atomic E-state index is -0.0201. The number of ether oxygens (including phenoxy) is 2. The molecule has 3 rings (SSSR count). The van der Waals surface area contributed by atoms with E-state index in [2.05, 4.69) is 26.1 Å². The quantitative estimate of drug-likeness (QED) is 0.727. The second-order valence-electron chi connectivity index (χ2n) is 6.77. The molecule has 144 valence electrons. The molecule has 0 radical (unpaired) electrons. The Morgan fingerprint density at radius 2 is 2.04 bits per heavy atom. The van der Waals surface area contributed by atoms with Crippen LogP contribution in [0.3, 0.4) is 0 Å². The summed E-state index contributed by atoms with van der Waals surface area (Å²) in [5.41, 5.74) is 3.00. The summed E-state index contributed by atoms with van der Waals surface area (Å²) >= 11 is 3.51. The first kappa shape index (κ1) is 19.7. The van der Waals surface area contributed by atoms with Crippen LogP contribution in [0.5, 0.6) is 11.5 Å². The number of amides is 1. The van der Waals surface area contributed by atoms with Crippen molar-refractivity contribution in [2.75, 3.05) is 32.6 Å². The third kappa shape index (κ3) is 4.62. The summed E-state index contributed by atoms with van der Waals surface area (Å²) in [6.45, 7) is 3.24. The van der Waals surface area contributed by atoms with Gasteiger partial charge in [-0.05, 0) is 78.1 Å². The van der Waals surface area contributed by atoms with Gasteiger partial charge in [0.2, 0.25) is 5.91 Å². The lowest BCUT2D eigenvalue weighted by atomic mass is 10.0. The molecule has 1 fully saturated rings. The number of rotatable bonds is 6. The fourth-order valence-corrected chi connectivity index (χ4v) is 4.16. The molecule has 0 saturated carbocycles. The highest BCUT2D eigenvalue weighted by Crippen LogP contribution is 2.38. The van der Waals surface area contributed by atoms with Crippen LogP contribution in [0, 0.1) is 6.92 Å². The molecule has 1 heterocycles. The SMILES string of the molecule is COc1ccc(OC)c(C2CCCN2CC(=O)Nc2ccc(C)cc2Br)c1. The predicted molar refractivity (Wildman–Crippen MR) is 111 cm³/mol. The topological polar surface area (TPSA) is 50.8 Å². The van der Waals surface area contributed by atoms with Crippen molar-refractivity contribution in [1.82, 2.24) is 4.90 Å². The van der Waals surface area contributed by atoms with Gasteiger partial charge in [0.1, 0.15) is 11.5 Å². The zero-order valence-corrected chi connectivity index (χ0v) is 17.5. The van der Waals surface area contributed by atoms with Gasteiger partial charge >= 0.3 is 0 Å². The van der Waals surface area contributed by atoms with Crippen molar-refractivity contribution in [3.05, 3.63) is 52.0 Å². The fourth-order valence-electron chi connectivity index (χ4n) is 3.56. The highest BCUT2D eigenvalue weighted by molar-refractivity contribution is 9.10. The molecule has 2 aromatic rings. The lowest BCUT2D eigenvalue weighted by Crippen LogP contribution is -2.33. The number of carbonyl (C=O) groups excluding carboxylic acids is 1. The standard InChI is InChI=1S/C21H25BrN2O3/c1-14-6-8-18(17(22)11-14)23-21(25)13-24-10-4-5-19(24)16-12-15(26-2)7-9-20(16)27-3/h6-9,11-12,19H,4-5,10,13H2,1-3H3,(H,23,25). The van der Waals surface area contributed by atoms with E-state index in [4.69, 9.17) is 9.47 Å². The van der Waals surface area contributed by atoms with Crippen molar-refractivity contribution < 1.29 is 14.3 Å². The van der Waals surface area contributed by atoms with E-state index in [0.717, 1.165) is 52.2 Å². The number of hydrogen-bond acceptors (Lipinski definition) is 4. The van der Waals surface area contributed by atoms with E-state index in [1.165, 1.54) is 0 Å². The van der Waals surface area contributed by atoms with Crippen molar-refractivity contribution in [1.29, 1.82) is 0 Å². The zero-order chi connectivity index (χ0) is 19.4. The Labute approximate surface area is 168 Å². The third-order valence-corrected chi connectivity index (χ3v) is 5.56. The number of nitrogens with zero attached hydrogens (tertiary/aromatic N) is 1. The largest absolute Gasteiger partial charge is 0.497 e. The van der Waals surface area contributed by atoms with Crippen LogP contribution in [0.2, 0.25) is 0 Å². The van der Waals surface area contributed by atoms with Crippen molar-refractivity contribution in [3.8, 4) is 11.5 Å². The number of anilines is 1. The van der Waals surface area contributed by atoms with Gasteiger partial charge in [0.15, 0.2) is 0 Å². The number of aryl methyl sites for hydroxylation is 1. The number of methoxy groups -OCH3 is 2. The Balaban J connectivity index is 1.74. The van der Waals surface area contributed by atoms with Crippen LogP contribution in [-0.4, -0.2) is 38.1 Å². The van der Waals surface area contributed by atoms with Crippen molar-refractivity contribution >= 4 is 27.5 Å². The molecule has 1 atom stereocenters. The van der Waals surface area contributed by atoms with Crippen LogP contribution in [0.25, 0.3) is 0 Å². The molecule has 0 bridgehead atoms. The summed E-state index contributed by atoms with van der Waals surface area (Å²) in [7, 11) is 3.33. The molecule has 1 amide bonds. The Hall–Kier alpha value is -2.05. The first-order chi connectivity index (χ1) is 13.0. The number of halogens is 1. The Kier molecular flexibility index (Phi) is 6.39. The van der Waals surface area contributed by atoms with Crippen LogP contribution in [0.4, 0.5) is 5.69 Å². The zero-order valence-electron chi connectivity index (χ0n) is 15.9. The molecule has 5 nitrogen and oxygen atoms in total. The van der Waals surface area contributed by atoms with E-state index in [1.807, 2.05) is 43.3 Å². The van der Waals surface area contributed by atoms with Crippen LogP contribution in [0.15, 0.2) is 40.9 Å². The van der Waals surface area contributed by atoms with Crippen LogP contribution >= 0.6 is 15.9 Å². The molecule has 1 N–H and O–H groups in total. The monoisotopic (exact) mass is 432 g/mol. The van der Waals surface area contributed by atoms with Crippen LogP contribution in [0.1, 0.15) is 30.0 Å². The van der Waals surface area contributed by atoms with Crippen LogP contribution < -0.4 is 14.8 Å². The molecule has 6 heteroatoms. The first-order valence-corrected chi connectivity index (χ1v) is 9.83. The van der Waals surface area contributed by atoms with E-state index < -0.39 is 0 Å². The van der Waals surface area contributed by atoms with E-state index in [1.54, 1.807) is 14.2 Å². The molecule has 2 aromatic carbocycles. The fraction of sp³-hybridized carbons (Fsp3) is 0.381. The van der Waals surface area contributed by atoms with Crippen molar-refractivity contribution in [2.45, 2.75) is 25.8 Å². The second-order valence-corrected chi connectivity index (χ2v) is 7.62. The molecule has 0 spiro atoms. The number of likely N-dealkylation sites (tertiary alicyclic amines) is 1. The maximum atomic E-state index is 12.6. The molecule has 1 saturated heterocycles. The summed E-state index contributed by atoms with van der Waals surface area (Å²) in [5, 5.41) is 3.00. The maximum absolute atomic E-state index is 12.6. The number of nitrogens with one attached hydrogen (secondary N) is 1. The Bertz CT molecular complexity index is 825. The average Bonchev–Trinajstić information content (AvgIpc) is 3.11. The second kappa shape index (κ2) is 8.76. The molecule has 1 aliphatic heterocycles. The molecule has 1 aliphatic rings. The normalized spacial score (nSPS) is 17.0. The summed E-state index contributed by atoms with van der Waals surface area (Å²) in [6, 6.07) is 11.9. The first-order valence-electron chi connectivity index (χ1n) is 9.04. The van der Waals surface area contributed by atoms with Gasteiger partial charge in [-0.3, -0.25) is 9.69 Å². The smallest absolute Gasteiger partial charge is 0.238 e. The van der Waals surface area contributed by atoms with Gasteiger partial charge in [-0.25, -0.2) is 0 Å². The average molecular weight is 433 g/mol. The van der Waals surface area contributed by atoms with Crippen molar-refractivity contribution in [3.63, 3.8) is 0 Å². The molecule has 27 heavy (non-hydrogen) atoms. The van der Waals surface area contributed by atoms with Gasteiger partial charge in [0.25, 0.3) is 0 Å². The van der Waals surface area contributed by atoms with Crippen LogP contribution in [-0.2, 0) is 4.79 Å². The highest BCUT2D eigenvalue weighted by atomic mass is 79.9.